The third kappa shape index (κ3) is 3.17. The monoisotopic (exact) mass is 325 g/mol. The first kappa shape index (κ1) is 13.7. The van der Waals surface area contributed by atoms with Gasteiger partial charge in [-0.05, 0) is 53.2 Å². The van der Waals surface area contributed by atoms with Crippen molar-refractivity contribution < 1.29 is 14.6 Å². The Kier molecular flexibility index (Phi) is 3.95. The van der Waals surface area contributed by atoms with Crippen molar-refractivity contribution in [1.29, 1.82) is 0 Å². The lowest BCUT2D eigenvalue weighted by Gasteiger charge is -2.18. The van der Waals surface area contributed by atoms with Crippen molar-refractivity contribution >= 4 is 21.6 Å². The van der Waals surface area contributed by atoms with Crippen molar-refractivity contribution in [3.8, 4) is 11.5 Å². The number of nitrogens with one attached hydrogen (secondary N) is 1. The van der Waals surface area contributed by atoms with Gasteiger partial charge in [0, 0.05) is 21.8 Å². The summed E-state index contributed by atoms with van der Waals surface area (Å²) < 4.78 is 13.6. The first-order valence-corrected chi connectivity index (χ1v) is 6.50. The van der Waals surface area contributed by atoms with E-state index in [1.165, 1.54) is 24.3 Å². The van der Waals surface area contributed by atoms with Crippen molar-refractivity contribution in [1.82, 2.24) is 0 Å². The zero-order valence-electron chi connectivity index (χ0n) is 10.2. The summed E-state index contributed by atoms with van der Waals surface area (Å²) in [6, 6.07) is 8.58. The third-order valence-electron chi connectivity index (χ3n) is 2.78. The van der Waals surface area contributed by atoms with Crippen molar-refractivity contribution in [2.24, 2.45) is 0 Å². The Labute approximate surface area is 118 Å². The molecule has 0 bridgehead atoms. The van der Waals surface area contributed by atoms with Crippen LogP contribution in [0.4, 0.5) is 10.1 Å². The Morgan fingerprint density at radius 2 is 1.89 bits per heavy atom. The first-order chi connectivity index (χ1) is 8.97. The van der Waals surface area contributed by atoms with Crippen LogP contribution in [0.5, 0.6) is 11.5 Å². The molecule has 0 amide bonds. The van der Waals surface area contributed by atoms with Crippen molar-refractivity contribution in [2.75, 3.05) is 5.32 Å². The number of phenolic OH excluding ortho intramolecular Hbond substituents is 2. The van der Waals surface area contributed by atoms with Crippen LogP contribution in [0.2, 0.25) is 0 Å². The van der Waals surface area contributed by atoms with Gasteiger partial charge in [-0.15, -0.1) is 0 Å². The summed E-state index contributed by atoms with van der Waals surface area (Å²) in [5, 5.41) is 22.2. The highest BCUT2D eigenvalue weighted by atomic mass is 79.9. The third-order valence-corrected chi connectivity index (χ3v) is 3.44. The normalized spacial score (nSPS) is 12.2. The zero-order chi connectivity index (χ0) is 14.0. The predicted molar refractivity (Wildman–Crippen MR) is 75.9 cm³/mol. The Bertz CT molecular complexity index is 604. The second-order valence-corrected chi connectivity index (χ2v) is 5.09. The number of hydrogen-bond acceptors (Lipinski definition) is 3. The summed E-state index contributed by atoms with van der Waals surface area (Å²) in [6.45, 7) is 1.86. The maximum absolute atomic E-state index is 13.0. The molecule has 0 saturated heterocycles. The summed E-state index contributed by atoms with van der Waals surface area (Å²) in [5.74, 6) is -0.299. The van der Waals surface area contributed by atoms with Gasteiger partial charge in [-0.1, -0.05) is 0 Å². The molecule has 0 aliphatic rings. The lowest BCUT2D eigenvalue weighted by Crippen LogP contribution is -2.07. The average Bonchev–Trinajstić information content (AvgIpc) is 2.32. The lowest BCUT2D eigenvalue weighted by molar-refractivity contribution is 0.444. The van der Waals surface area contributed by atoms with Crippen LogP contribution in [-0.4, -0.2) is 10.2 Å². The van der Waals surface area contributed by atoms with Crippen LogP contribution in [0.3, 0.4) is 0 Å². The van der Waals surface area contributed by atoms with E-state index in [0.29, 0.717) is 10.0 Å². The Balaban J connectivity index is 2.23. The highest BCUT2D eigenvalue weighted by molar-refractivity contribution is 9.10. The van der Waals surface area contributed by atoms with Gasteiger partial charge in [0.1, 0.15) is 17.3 Å². The molecule has 1 unspecified atom stereocenters. The number of anilines is 1. The molecule has 2 aromatic carbocycles. The van der Waals surface area contributed by atoms with Gasteiger partial charge in [-0.25, -0.2) is 4.39 Å². The van der Waals surface area contributed by atoms with E-state index >= 15 is 0 Å². The molecule has 19 heavy (non-hydrogen) atoms. The first-order valence-electron chi connectivity index (χ1n) is 5.71. The highest BCUT2D eigenvalue weighted by Gasteiger charge is 2.12. The Morgan fingerprint density at radius 1 is 1.16 bits per heavy atom. The molecular formula is C14H13BrFNO2. The molecule has 3 N–H and O–H groups in total. The van der Waals surface area contributed by atoms with Crippen LogP contribution < -0.4 is 5.32 Å². The maximum Gasteiger partial charge on any atom is 0.124 e. The fraction of sp³-hybridized carbons (Fsp3) is 0.143. The van der Waals surface area contributed by atoms with Crippen molar-refractivity contribution in [3.63, 3.8) is 0 Å². The zero-order valence-corrected chi connectivity index (χ0v) is 11.8. The molecule has 0 aromatic heterocycles. The van der Waals surface area contributed by atoms with Crippen LogP contribution in [0.15, 0.2) is 40.9 Å². The van der Waals surface area contributed by atoms with Crippen LogP contribution in [0.1, 0.15) is 18.5 Å². The number of halogens is 2. The SMILES string of the molecule is CC(Nc1ccc(F)cc1Br)c1ccc(O)cc1O. The van der Waals surface area contributed by atoms with E-state index in [1.807, 2.05) is 6.92 Å². The average molecular weight is 326 g/mol. The van der Waals surface area contributed by atoms with Gasteiger partial charge in [0.2, 0.25) is 0 Å². The summed E-state index contributed by atoms with van der Waals surface area (Å²) >= 11 is 3.27. The minimum Gasteiger partial charge on any atom is -0.508 e. The molecule has 100 valence electrons. The topological polar surface area (TPSA) is 52.5 Å². The van der Waals surface area contributed by atoms with Crippen LogP contribution in [-0.2, 0) is 0 Å². The van der Waals surface area contributed by atoms with E-state index in [9.17, 15) is 14.6 Å². The molecule has 0 saturated carbocycles. The van der Waals surface area contributed by atoms with Crippen molar-refractivity contribution in [3.05, 3.63) is 52.3 Å². The van der Waals surface area contributed by atoms with Gasteiger partial charge in [-0.3, -0.25) is 0 Å². The van der Waals surface area contributed by atoms with E-state index < -0.39 is 0 Å². The van der Waals surface area contributed by atoms with E-state index in [2.05, 4.69) is 21.2 Å². The predicted octanol–water partition coefficient (Wildman–Crippen LogP) is 4.17. The molecule has 0 fully saturated rings. The quantitative estimate of drug-likeness (QED) is 0.793. The highest BCUT2D eigenvalue weighted by Crippen LogP contribution is 2.32. The smallest absolute Gasteiger partial charge is 0.124 e. The summed E-state index contributed by atoms with van der Waals surface area (Å²) in [7, 11) is 0. The van der Waals surface area contributed by atoms with Gasteiger partial charge >= 0.3 is 0 Å². The van der Waals surface area contributed by atoms with Crippen LogP contribution >= 0.6 is 15.9 Å². The number of aromatic hydroxyl groups is 2. The van der Waals surface area contributed by atoms with E-state index in [0.717, 1.165) is 5.69 Å². The molecule has 3 nitrogen and oxygen atoms in total. The van der Waals surface area contributed by atoms with Gasteiger partial charge < -0.3 is 15.5 Å². The molecule has 0 aliphatic carbocycles. The summed E-state index contributed by atoms with van der Waals surface area (Å²) in [5.41, 5.74) is 1.37. The fourth-order valence-corrected chi connectivity index (χ4v) is 2.28. The van der Waals surface area contributed by atoms with Crippen molar-refractivity contribution in [2.45, 2.75) is 13.0 Å². The molecule has 0 aliphatic heterocycles. The maximum atomic E-state index is 13.0. The molecule has 0 spiro atoms. The van der Waals surface area contributed by atoms with E-state index in [1.54, 1.807) is 12.1 Å². The molecular weight excluding hydrogens is 313 g/mol. The fourth-order valence-electron chi connectivity index (χ4n) is 1.82. The van der Waals surface area contributed by atoms with Gasteiger partial charge in [0.25, 0.3) is 0 Å². The number of phenols is 2. The number of rotatable bonds is 3. The molecule has 0 heterocycles. The van der Waals surface area contributed by atoms with Gasteiger partial charge in [0.05, 0.1) is 6.04 Å². The van der Waals surface area contributed by atoms with Crippen LogP contribution in [0.25, 0.3) is 0 Å². The molecule has 2 rings (SSSR count). The standard InChI is InChI=1S/C14H13BrFNO2/c1-8(11-4-3-10(18)7-14(11)19)17-13-5-2-9(16)6-12(13)15/h2-8,17-19H,1H3. The minimum absolute atomic E-state index is 0.0106. The second kappa shape index (κ2) is 5.48. The lowest BCUT2D eigenvalue weighted by atomic mass is 10.1. The molecule has 2 aromatic rings. The van der Waals surface area contributed by atoms with Gasteiger partial charge in [-0.2, -0.15) is 0 Å². The largest absolute Gasteiger partial charge is 0.508 e. The number of hydrogen-bond donors (Lipinski definition) is 3. The summed E-state index contributed by atoms with van der Waals surface area (Å²) in [6.07, 6.45) is 0. The number of benzene rings is 2. The summed E-state index contributed by atoms with van der Waals surface area (Å²) in [4.78, 5) is 0. The van der Waals surface area contributed by atoms with Crippen LogP contribution in [0, 0.1) is 5.82 Å². The molecule has 0 radical (unpaired) electrons. The van der Waals surface area contributed by atoms with E-state index in [4.69, 9.17) is 0 Å². The Morgan fingerprint density at radius 3 is 2.53 bits per heavy atom. The molecule has 1 atom stereocenters. The van der Waals surface area contributed by atoms with Gasteiger partial charge in [0.15, 0.2) is 0 Å². The second-order valence-electron chi connectivity index (χ2n) is 4.23. The molecule has 5 heteroatoms. The van der Waals surface area contributed by atoms with E-state index in [-0.39, 0.29) is 23.4 Å². The Hall–Kier alpha value is -1.75. The minimum atomic E-state index is -0.322.